The van der Waals surface area contributed by atoms with Crippen molar-refractivity contribution in [2.45, 2.75) is 32.9 Å². The first-order valence-electron chi connectivity index (χ1n) is 4.31. The summed E-state index contributed by atoms with van der Waals surface area (Å²) in [5.41, 5.74) is -1.08. The molecule has 84 valence electrons. The van der Waals surface area contributed by atoms with Crippen LogP contribution >= 0.6 is 0 Å². The molecule has 6 heteroatoms. The molecule has 0 spiro atoms. The number of rotatable bonds is 5. The van der Waals surface area contributed by atoms with Crippen LogP contribution in [0.25, 0.3) is 0 Å². The minimum absolute atomic E-state index is 0.0944. The summed E-state index contributed by atoms with van der Waals surface area (Å²) in [6.07, 6.45) is 0. The fourth-order valence-corrected chi connectivity index (χ4v) is 1.42. The van der Waals surface area contributed by atoms with Crippen LogP contribution in [0.3, 0.4) is 0 Å². The number of carboxylic acid groups (broad SMARTS) is 1. The summed E-state index contributed by atoms with van der Waals surface area (Å²) in [5, 5.41) is 8.19. The van der Waals surface area contributed by atoms with Crippen molar-refractivity contribution in [3.8, 4) is 0 Å². The molecule has 0 aromatic heterocycles. The second-order valence-corrected chi connectivity index (χ2v) is 6.43. The maximum atomic E-state index is 11.3. The molecule has 0 heterocycles. The smallest absolute Gasteiger partial charge is 0.310 e. The van der Waals surface area contributed by atoms with Gasteiger partial charge in [-0.2, -0.15) is 0 Å². The van der Waals surface area contributed by atoms with Gasteiger partial charge in [-0.05, 0) is 27.7 Å². The van der Waals surface area contributed by atoms with Gasteiger partial charge >= 0.3 is 5.97 Å². The molecule has 0 aliphatic heterocycles. The lowest BCUT2D eigenvalue weighted by atomic mass is 9.95. The van der Waals surface area contributed by atoms with E-state index in [1.165, 1.54) is 27.7 Å². The van der Waals surface area contributed by atoms with E-state index in [2.05, 4.69) is 4.72 Å². The van der Waals surface area contributed by atoms with Crippen molar-refractivity contribution in [2.24, 2.45) is 5.41 Å². The van der Waals surface area contributed by atoms with Crippen LogP contribution in [0.15, 0.2) is 0 Å². The molecule has 14 heavy (non-hydrogen) atoms. The molecule has 5 nitrogen and oxygen atoms in total. The van der Waals surface area contributed by atoms with Gasteiger partial charge < -0.3 is 5.11 Å². The van der Waals surface area contributed by atoms with E-state index in [0.29, 0.717) is 0 Å². The molecule has 0 amide bonds. The van der Waals surface area contributed by atoms with E-state index in [4.69, 9.17) is 5.11 Å². The van der Waals surface area contributed by atoms with Gasteiger partial charge in [0.1, 0.15) is 0 Å². The van der Waals surface area contributed by atoms with Gasteiger partial charge in [-0.1, -0.05) is 0 Å². The molecule has 0 unspecified atom stereocenters. The van der Waals surface area contributed by atoms with Crippen molar-refractivity contribution >= 4 is 16.0 Å². The topological polar surface area (TPSA) is 83.5 Å². The predicted molar refractivity (Wildman–Crippen MR) is 53.5 cm³/mol. The lowest BCUT2D eigenvalue weighted by Crippen LogP contribution is -2.41. The van der Waals surface area contributed by atoms with E-state index in [9.17, 15) is 13.2 Å². The molecule has 0 aliphatic rings. The SMILES string of the molecule is CC(C)S(=O)(=O)NCC(C)(C)C(=O)O. The fraction of sp³-hybridized carbons (Fsp3) is 0.875. The monoisotopic (exact) mass is 223 g/mol. The van der Waals surface area contributed by atoms with Crippen molar-refractivity contribution < 1.29 is 18.3 Å². The molecule has 0 rings (SSSR count). The average Bonchev–Trinajstić information content (AvgIpc) is 2.01. The highest BCUT2D eigenvalue weighted by molar-refractivity contribution is 7.90. The number of carbonyl (C=O) groups is 1. The molecule has 0 aromatic carbocycles. The van der Waals surface area contributed by atoms with Gasteiger partial charge in [0.05, 0.1) is 10.7 Å². The van der Waals surface area contributed by atoms with Crippen LogP contribution in [0.1, 0.15) is 27.7 Å². The van der Waals surface area contributed by atoms with Crippen molar-refractivity contribution in [1.82, 2.24) is 4.72 Å². The Hall–Kier alpha value is -0.620. The van der Waals surface area contributed by atoms with Gasteiger partial charge in [-0.3, -0.25) is 4.79 Å². The Kier molecular flexibility index (Phi) is 4.08. The zero-order valence-electron chi connectivity index (χ0n) is 8.86. The lowest BCUT2D eigenvalue weighted by Gasteiger charge is -2.20. The highest BCUT2D eigenvalue weighted by atomic mass is 32.2. The molecular weight excluding hydrogens is 206 g/mol. The summed E-state index contributed by atoms with van der Waals surface area (Å²) in [7, 11) is -3.38. The van der Waals surface area contributed by atoms with Crippen LogP contribution in [0.2, 0.25) is 0 Å². The number of hydrogen-bond donors (Lipinski definition) is 2. The summed E-state index contributed by atoms with van der Waals surface area (Å²) in [6, 6.07) is 0. The van der Waals surface area contributed by atoms with E-state index < -0.39 is 26.7 Å². The number of nitrogens with one attached hydrogen (secondary N) is 1. The van der Waals surface area contributed by atoms with Crippen LogP contribution in [-0.2, 0) is 14.8 Å². The molecule has 0 aliphatic carbocycles. The molecule has 0 bridgehead atoms. The van der Waals surface area contributed by atoms with E-state index in [0.717, 1.165) is 0 Å². The van der Waals surface area contributed by atoms with E-state index in [1.807, 2.05) is 0 Å². The quantitative estimate of drug-likeness (QED) is 0.707. The third-order valence-corrected chi connectivity index (χ3v) is 3.70. The van der Waals surface area contributed by atoms with Gasteiger partial charge in [0.25, 0.3) is 0 Å². The number of hydrogen-bond acceptors (Lipinski definition) is 3. The molecule has 0 radical (unpaired) electrons. The van der Waals surface area contributed by atoms with Crippen molar-refractivity contribution in [3.05, 3.63) is 0 Å². The van der Waals surface area contributed by atoms with Crippen LogP contribution in [-0.4, -0.2) is 31.3 Å². The van der Waals surface area contributed by atoms with Gasteiger partial charge in [-0.25, -0.2) is 13.1 Å². The summed E-state index contributed by atoms with van der Waals surface area (Å²) in [4.78, 5) is 10.7. The number of aliphatic carboxylic acids is 1. The lowest BCUT2D eigenvalue weighted by molar-refractivity contribution is -0.146. The first kappa shape index (κ1) is 13.4. The summed E-state index contributed by atoms with van der Waals surface area (Å²) >= 11 is 0. The predicted octanol–water partition coefficient (Wildman–Crippen LogP) is 0.425. The van der Waals surface area contributed by atoms with E-state index in [1.54, 1.807) is 0 Å². The molecule has 0 saturated heterocycles. The van der Waals surface area contributed by atoms with Crippen molar-refractivity contribution in [3.63, 3.8) is 0 Å². The number of sulfonamides is 1. The van der Waals surface area contributed by atoms with E-state index >= 15 is 0 Å². The Morgan fingerprint density at radius 1 is 1.43 bits per heavy atom. The second-order valence-electron chi connectivity index (χ2n) is 4.10. The van der Waals surface area contributed by atoms with Crippen LogP contribution in [0, 0.1) is 5.41 Å². The summed E-state index contributed by atoms with van der Waals surface area (Å²) in [5.74, 6) is -1.02. The third kappa shape index (κ3) is 3.63. The maximum Gasteiger partial charge on any atom is 0.310 e. The van der Waals surface area contributed by atoms with E-state index in [-0.39, 0.29) is 6.54 Å². The Labute approximate surface area is 84.6 Å². The minimum Gasteiger partial charge on any atom is -0.481 e. The maximum absolute atomic E-state index is 11.3. The summed E-state index contributed by atoms with van der Waals surface area (Å²) < 4.78 is 24.9. The zero-order valence-corrected chi connectivity index (χ0v) is 9.68. The fourth-order valence-electron chi connectivity index (χ4n) is 0.523. The first-order valence-corrected chi connectivity index (χ1v) is 5.86. The van der Waals surface area contributed by atoms with Gasteiger partial charge in [0, 0.05) is 6.54 Å². The molecule has 0 saturated carbocycles. The Bertz CT molecular complexity index is 305. The minimum atomic E-state index is -3.38. The largest absolute Gasteiger partial charge is 0.481 e. The average molecular weight is 223 g/mol. The standard InChI is InChI=1S/C8H17NO4S/c1-6(2)14(12,13)9-5-8(3,4)7(10)11/h6,9H,5H2,1-4H3,(H,10,11). The van der Waals surface area contributed by atoms with Crippen LogP contribution < -0.4 is 4.72 Å². The van der Waals surface area contributed by atoms with Crippen LogP contribution in [0.5, 0.6) is 0 Å². The Balaban J connectivity index is 4.41. The third-order valence-electron chi connectivity index (χ3n) is 1.91. The van der Waals surface area contributed by atoms with Gasteiger partial charge in [0.2, 0.25) is 10.0 Å². The summed E-state index contributed by atoms with van der Waals surface area (Å²) in [6.45, 7) is 5.92. The highest BCUT2D eigenvalue weighted by Gasteiger charge is 2.29. The van der Waals surface area contributed by atoms with Gasteiger partial charge in [-0.15, -0.1) is 0 Å². The molecule has 0 aromatic rings. The number of carboxylic acids is 1. The normalized spacial score (nSPS) is 13.2. The van der Waals surface area contributed by atoms with Gasteiger partial charge in [0.15, 0.2) is 0 Å². The highest BCUT2D eigenvalue weighted by Crippen LogP contribution is 2.14. The molecule has 0 fully saturated rings. The Morgan fingerprint density at radius 3 is 2.14 bits per heavy atom. The second kappa shape index (κ2) is 4.27. The molecule has 0 atom stereocenters. The molecular formula is C8H17NO4S. The van der Waals surface area contributed by atoms with Crippen LogP contribution in [0.4, 0.5) is 0 Å². The molecule has 2 N–H and O–H groups in total. The van der Waals surface area contributed by atoms with Crippen molar-refractivity contribution in [2.75, 3.05) is 6.54 Å². The van der Waals surface area contributed by atoms with Crippen molar-refractivity contribution in [1.29, 1.82) is 0 Å². The first-order chi connectivity index (χ1) is 6.09. The Morgan fingerprint density at radius 2 is 1.86 bits per heavy atom. The zero-order chi connectivity index (χ0) is 11.6.